The second-order valence-corrected chi connectivity index (χ2v) is 2.53. The molecule has 0 nitrogen and oxygen atoms in total. The van der Waals surface area contributed by atoms with Crippen LogP contribution in [-0.4, -0.2) is 0 Å². The lowest BCUT2D eigenvalue weighted by atomic mass is 9.77. The summed E-state index contributed by atoms with van der Waals surface area (Å²) in [5.41, 5.74) is 0. The molecular weight excluding hydrogens is 72.1 g/mol. The molecule has 0 aromatic carbocycles. The molecule has 1 fully saturated rings. The van der Waals surface area contributed by atoms with E-state index in [2.05, 4.69) is 13.8 Å². The van der Waals surface area contributed by atoms with Gasteiger partial charge < -0.3 is 0 Å². The average molecular weight is 84.2 g/mol. The maximum absolute atomic E-state index is 2.33. The van der Waals surface area contributed by atoms with Crippen LogP contribution in [0.1, 0.15) is 26.7 Å². The molecule has 0 aromatic heterocycles. The molecule has 0 heteroatoms. The Morgan fingerprint density at radius 1 is 1.00 bits per heavy atom. The third-order valence-corrected chi connectivity index (χ3v) is 2.05. The van der Waals surface area contributed by atoms with Crippen molar-refractivity contribution in [2.45, 2.75) is 26.7 Å². The van der Waals surface area contributed by atoms with Crippen LogP contribution >= 0.6 is 0 Å². The molecule has 0 saturated heterocycles. The smallest absolute Gasteiger partial charge is 0.0417 e. The van der Waals surface area contributed by atoms with Gasteiger partial charge in [-0.05, 0) is 11.8 Å². The predicted octanol–water partition coefficient (Wildman–Crippen LogP) is 2.05. The summed E-state index contributed by atoms with van der Waals surface area (Å²) < 4.78 is 0. The van der Waals surface area contributed by atoms with Crippen molar-refractivity contribution in [3.63, 3.8) is 0 Å². The standard InChI is InChI=1S/C6H12/c1-5-3-4-6(5)2/h5-6H,3-4H2,1-2H3/t5-,6-/m1/s1. The Morgan fingerprint density at radius 3 is 1.33 bits per heavy atom. The second kappa shape index (κ2) is 1.25. The molecule has 0 bridgehead atoms. The molecule has 0 N–H and O–H groups in total. The molecule has 0 amide bonds. The second-order valence-electron chi connectivity index (χ2n) is 2.53. The Bertz CT molecular complexity index is 40.0. The number of hydrogen-bond acceptors (Lipinski definition) is 0. The van der Waals surface area contributed by atoms with Gasteiger partial charge >= 0.3 is 0 Å². The van der Waals surface area contributed by atoms with Crippen LogP contribution < -0.4 is 0 Å². The third kappa shape index (κ3) is 0.444. The largest absolute Gasteiger partial charge is 0.0623 e. The van der Waals surface area contributed by atoms with E-state index in [1.54, 1.807) is 0 Å². The van der Waals surface area contributed by atoms with Crippen LogP contribution in [0.5, 0.6) is 0 Å². The Hall–Kier alpha value is 0. The molecule has 1 rings (SSSR count). The Morgan fingerprint density at radius 2 is 1.33 bits per heavy atom. The highest BCUT2D eigenvalue weighted by Gasteiger charge is 2.20. The molecule has 1 saturated carbocycles. The predicted molar refractivity (Wildman–Crippen MR) is 27.6 cm³/mol. The summed E-state index contributed by atoms with van der Waals surface area (Å²) in [6.07, 6.45) is 2.95. The lowest BCUT2D eigenvalue weighted by Gasteiger charge is -2.29. The maximum atomic E-state index is 2.33. The van der Waals surface area contributed by atoms with Gasteiger partial charge in [-0.3, -0.25) is 0 Å². The van der Waals surface area contributed by atoms with Crippen LogP contribution in [0.25, 0.3) is 0 Å². The van der Waals surface area contributed by atoms with E-state index in [0.29, 0.717) is 0 Å². The van der Waals surface area contributed by atoms with Crippen molar-refractivity contribution in [1.82, 2.24) is 0 Å². The van der Waals surface area contributed by atoms with Gasteiger partial charge in [-0.15, -0.1) is 0 Å². The maximum Gasteiger partial charge on any atom is -0.0417 e. The van der Waals surface area contributed by atoms with Crippen LogP contribution in [0.15, 0.2) is 0 Å². The summed E-state index contributed by atoms with van der Waals surface area (Å²) in [6.45, 7) is 4.66. The van der Waals surface area contributed by atoms with Crippen LogP contribution in [-0.2, 0) is 0 Å². The minimum Gasteiger partial charge on any atom is -0.0623 e. The van der Waals surface area contributed by atoms with E-state index in [9.17, 15) is 0 Å². The number of hydrogen-bond donors (Lipinski definition) is 0. The van der Waals surface area contributed by atoms with Crippen LogP contribution in [0.4, 0.5) is 0 Å². The van der Waals surface area contributed by atoms with Gasteiger partial charge in [-0.1, -0.05) is 26.7 Å². The van der Waals surface area contributed by atoms with Gasteiger partial charge in [0, 0.05) is 0 Å². The van der Waals surface area contributed by atoms with Crippen molar-refractivity contribution in [1.29, 1.82) is 0 Å². The van der Waals surface area contributed by atoms with Gasteiger partial charge in [0.25, 0.3) is 0 Å². The van der Waals surface area contributed by atoms with Crippen molar-refractivity contribution in [3.05, 3.63) is 0 Å². The van der Waals surface area contributed by atoms with Gasteiger partial charge in [0.05, 0.1) is 0 Å². The zero-order valence-electron chi connectivity index (χ0n) is 4.57. The van der Waals surface area contributed by atoms with Crippen molar-refractivity contribution < 1.29 is 0 Å². The molecule has 1 aliphatic rings. The molecule has 0 spiro atoms. The zero-order valence-corrected chi connectivity index (χ0v) is 4.57. The fourth-order valence-electron chi connectivity index (χ4n) is 0.833. The van der Waals surface area contributed by atoms with E-state index in [1.807, 2.05) is 0 Å². The Balaban J connectivity index is 2.20. The quantitative estimate of drug-likeness (QED) is 0.421. The highest BCUT2D eigenvalue weighted by atomic mass is 14.3. The fourth-order valence-corrected chi connectivity index (χ4v) is 0.833. The minimum atomic E-state index is 1.03. The Labute approximate surface area is 39.6 Å². The highest BCUT2D eigenvalue weighted by Crippen LogP contribution is 2.32. The first kappa shape index (κ1) is 4.17. The molecule has 6 heavy (non-hydrogen) atoms. The first-order chi connectivity index (χ1) is 2.80. The lowest BCUT2D eigenvalue weighted by molar-refractivity contribution is 0.219. The molecule has 2 atom stereocenters. The van der Waals surface area contributed by atoms with E-state index < -0.39 is 0 Å². The molecular formula is C6H12. The molecule has 0 aromatic rings. The minimum absolute atomic E-state index is 1.03. The first-order valence-electron chi connectivity index (χ1n) is 2.80. The van der Waals surface area contributed by atoms with E-state index in [4.69, 9.17) is 0 Å². The first-order valence-corrected chi connectivity index (χ1v) is 2.80. The van der Waals surface area contributed by atoms with Crippen LogP contribution in [0.2, 0.25) is 0 Å². The molecule has 36 valence electrons. The van der Waals surface area contributed by atoms with Crippen LogP contribution in [0, 0.1) is 11.8 Å². The monoisotopic (exact) mass is 84.1 g/mol. The summed E-state index contributed by atoms with van der Waals surface area (Å²) in [5, 5.41) is 0. The summed E-state index contributed by atoms with van der Waals surface area (Å²) >= 11 is 0. The van der Waals surface area contributed by atoms with Gasteiger partial charge in [0.1, 0.15) is 0 Å². The SMILES string of the molecule is C[C@@H]1CC[C@H]1C. The highest BCUT2D eigenvalue weighted by molar-refractivity contribution is 4.71. The van der Waals surface area contributed by atoms with Crippen molar-refractivity contribution >= 4 is 0 Å². The summed E-state index contributed by atoms with van der Waals surface area (Å²) in [7, 11) is 0. The zero-order chi connectivity index (χ0) is 4.57. The van der Waals surface area contributed by atoms with Crippen molar-refractivity contribution in [2.24, 2.45) is 11.8 Å². The fraction of sp³-hybridized carbons (Fsp3) is 1.00. The van der Waals surface area contributed by atoms with Crippen LogP contribution in [0.3, 0.4) is 0 Å². The molecule has 0 aliphatic heterocycles. The normalized spacial score (nSPS) is 45.0. The van der Waals surface area contributed by atoms with Gasteiger partial charge in [0.15, 0.2) is 0 Å². The summed E-state index contributed by atoms with van der Waals surface area (Å²) in [6, 6.07) is 0. The summed E-state index contributed by atoms with van der Waals surface area (Å²) in [4.78, 5) is 0. The topological polar surface area (TPSA) is 0 Å². The van der Waals surface area contributed by atoms with E-state index >= 15 is 0 Å². The third-order valence-electron chi connectivity index (χ3n) is 2.05. The Kier molecular flexibility index (Phi) is 0.868. The van der Waals surface area contributed by atoms with Crippen molar-refractivity contribution in [3.8, 4) is 0 Å². The molecule has 0 heterocycles. The van der Waals surface area contributed by atoms with Gasteiger partial charge in [-0.25, -0.2) is 0 Å². The van der Waals surface area contributed by atoms with E-state index in [0.717, 1.165) is 11.8 Å². The van der Waals surface area contributed by atoms with Gasteiger partial charge in [-0.2, -0.15) is 0 Å². The van der Waals surface area contributed by atoms with E-state index in [-0.39, 0.29) is 0 Å². The van der Waals surface area contributed by atoms with Gasteiger partial charge in [0.2, 0.25) is 0 Å². The molecule has 0 unspecified atom stereocenters. The lowest BCUT2D eigenvalue weighted by Crippen LogP contribution is -2.18. The summed E-state index contributed by atoms with van der Waals surface area (Å²) in [5.74, 6) is 2.06. The average Bonchev–Trinajstić information content (AvgIpc) is 1.61. The molecule has 0 radical (unpaired) electrons. The van der Waals surface area contributed by atoms with Crippen molar-refractivity contribution in [2.75, 3.05) is 0 Å². The number of rotatable bonds is 0. The van der Waals surface area contributed by atoms with E-state index in [1.165, 1.54) is 12.8 Å². The molecule has 1 aliphatic carbocycles.